The van der Waals surface area contributed by atoms with Gasteiger partial charge in [-0.1, -0.05) is 38.1 Å². The van der Waals surface area contributed by atoms with E-state index in [-0.39, 0.29) is 31.1 Å². The molecule has 2 rings (SSSR count). The Labute approximate surface area is 165 Å². The van der Waals surface area contributed by atoms with Crippen molar-refractivity contribution in [1.29, 1.82) is 0 Å². The van der Waals surface area contributed by atoms with Crippen molar-refractivity contribution in [1.82, 2.24) is 0 Å². The fraction of sp³-hybridized carbons (Fsp3) is 0.318. The number of hydrogen-bond acceptors (Lipinski definition) is 3. The van der Waals surface area contributed by atoms with Crippen molar-refractivity contribution in [3.05, 3.63) is 59.2 Å². The van der Waals surface area contributed by atoms with Crippen LogP contribution in [0.4, 0.5) is 11.4 Å². The number of amides is 2. The largest absolute Gasteiger partial charge is 0.481 e. The quantitative estimate of drug-likeness (QED) is 0.604. The molecule has 3 N–H and O–H groups in total. The van der Waals surface area contributed by atoms with Gasteiger partial charge in [0.1, 0.15) is 0 Å². The SMILES string of the molecule is CCc1cccc(CC)c1NC(=O)c1cccc(NC(=O)CCCC(=O)O)c1. The van der Waals surface area contributed by atoms with Crippen molar-refractivity contribution in [2.24, 2.45) is 0 Å². The number of carboxylic acids is 1. The number of nitrogens with one attached hydrogen (secondary N) is 2. The number of carboxylic acid groups (broad SMARTS) is 1. The molecule has 28 heavy (non-hydrogen) atoms. The van der Waals surface area contributed by atoms with Gasteiger partial charge in [-0.05, 0) is 48.6 Å². The summed E-state index contributed by atoms with van der Waals surface area (Å²) in [5, 5.41) is 14.3. The molecule has 0 aliphatic rings. The first kappa shape index (κ1) is 21.2. The number of rotatable bonds is 9. The van der Waals surface area contributed by atoms with Gasteiger partial charge in [-0.3, -0.25) is 14.4 Å². The lowest BCUT2D eigenvalue weighted by atomic mass is 10.0. The number of hydrogen-bond donors (Lipinski definition) is 3. The van der Waals surface area contributed by atoms with E-state index in [0.29, 0.717) is 11.3 Å². The van der Waals surface area contributed by atoms with E-state index >= 15 is 0 Å². The van der Waals surface area contributed by atoms with E-state index < -0.39 is 5.97 Å². The summed E-state index contributed by atoms with van der Waals surface area (Å²) < 4.78 is 0. The highest BCUT2D eigenvalue weighted by Crippen LogP contribution is 2.23. The monoisotopic (exact) mass is 382 g/mol. The van der Waals surface area contributed by atoms with Gasteiger partial charge in [0.25, 0.3) is 5.91 Å². The van der Waals surface area contributed by atoms with Gasteiger partial charge in [-0.25, -0.2) is 0 Å². The molecule has 0 unspecified atom stereocenters. The van der Waals surface area contributed by atoms with Crippen molar-refractivity contribution in [3.8, 4) is 0 Å². The van der Waals surface area contributed by atoms with Gasteiger partial charge < -0.3 is 15.7 Å². The average molecular weight is 382 g/mol. The predicted octanol–water partition coefficient (Wildman–Crippen LogP) is 4.26. The maximum Gasteiger partial charge on any atom is 0.303 e. The molecule has 0 aliphatic carbocycles. The number of benzene rings is 2. The van der Waals surface area contributed by atoms with E-state index in [0.717, 1.165) is 29.7 Å². The number of carbonyl (C=O) groups is 3. The van der Waals surface area contributed by atoms with Crippen LogP contribution in [-0.2, 0) is 22.4 Å². The van der Waals surface area contributed by atoms with Crippen molar-refractivity contribution >= 4 is 29.2 Å². The molecule has 0 fully saturated rings. The molecule has 0 aliphatic heterocycles. The molecule has 0 radical (unpaired) electrons. The third-order valence-electron chi connectivity index (χ3n) is 4.44. The molecule has 0 spiro atoms. The molecule has 148 valence electrons. The Morgan fingerprint density at radius 3 is 2.14 bits per heavy atom. The van der Waals surface area contributed by atoms with Gasteiger partial charge in [0.05, 0.1) is 0 Å². The minimum absolute atomic E-state index is 0.0491. The number of aryl methyl sites for hydroxylation is 2. The van der Waals surface area contributed by atoms with E-state index in [1.807, 2.05) is 32.0 Å². The standard InChI is InChI=1S/C22H26N2O4/c1-3-15-8-5-9-16(4-2)21(15)24-22(28)17-10-6-11-18(14-17)23-19(25)12-7-13-20(26)27/h5-6,8-11,14H,3-4,7,12-13H2,1-2H3,(H,23,25)(H,24,28)(H,26,27). The second-order valence-corrected chi connectivity index (χ2v) is 6.49. The molecule has 0 aromatic heterocycles. The fourth-order valence-corrected chi connectivity index (χ4v) is 2.95. The Bertz CT molecular complexity index is 839. The molecular weight excluding hydrogens is 356 g/mol. The van der Waals surface area contributed by atoms with Crippen LogP contribution in [0.25, 0.3) is 0 Å². The van der Waals surface area contributed by atoms with Gasteiger partial charge in [0.2, 0.25) is 5.91 Å². The van der Waals surface area contributed by atoms with Crippen LogP contribution in [0, 0.1) is 0 Å². The third kappa shape index (κ3) is 5.94. The lowest BCUT2D eigenvalue weighted by molar-refractivity contribution is -0.137. The Morgan fingerprint density at radius 2 is 1.54 bits per heavy atom. The highest BCUT2D eigenvalue weighted by atomic mass is 16.4. The smallest absolute Gasteiger partial charge is 0.303 e. The summed E-state index contributed by atoms with van der Waals surface area (Å²) in [6.07, 6.45) is 1.97. The summed E-state index contributed by atoms with van der Waals surface area (Å²) in [5.41, 5.74) is 3.95. The molecule has 0 atom stereocenters. The van der Waals surface area contributed by atoms with Gasteiger partial charge in [0.15, 0.2) is 0 Å². The molecular formula is C22H26N2O4. The van der Waals surface area contributed by atoms with Crippen LogP contribution in [0.5, 0.6) is 0 Å². The van der Waals surface area contributed by atoms with Gasteiger partial charge >= 0.3 is 5.97 Å². The van der Waals surface area contributed by atoms with Crippen molar-refractivity contribution in [2.75, 3.05) is 10.6 Å². The topological polar surface area (TPSA) is 95.5 Å². The summed E-state index contributed by atoms with van der Waals surface area (Å²) in [6.45, 7) is 4.09. The molecule has 0 heterocycles. The van der Waals surface area contributed by atoms with E-state index in [2.05, 4.69) is 10.6 Å². The molecule has 0 saturated carbocycles. The lowest BCUT2D eigenvalue weighted by Gasteiger charge is -2.15. The van der Waals surface area contributed by atoms with E-state index in [1.165, 1.54) is 0 Å². The summed E-state index contributed by atoms with van der Waals surface area (Å²) in [5.74, 6) is -1.44. The van der Waals surface area contributed by atoms with Crippen molar-refractivity contribution < 1.29 is 19.5 Å². The van der Waals surface area contributed by atoms with Crippen LogP contribution in [0.1, 0.15) is 54.6 Å². The van der Waals surface area contributed by atoms with Crippen LogP contribution < -0.4 is 10.6 Å². The maximum absolute atomic E-state index is 12.7. The summed E-state index contributed by atoms with van der Waals surface area (Å²) in [7, 11) is 0. The second kappa shape index (κ2) is 10.3. The second-order valence-electron chi connectivity index (χ2n) is 6.49. The zero-order chi connectivity index (χ0) is 20.5. The first-order valence-electron chi connectivity index (χ1n) is 9.48. The number of carbonyl (C=O) groups excluding carboxylic acids is 2. The normalized spacial score (nSPS) is 10.4. The lowest BCUT2D eigenvalue weighted by Crippen LogP contribution is -2.16. The minimum Gasteiger partial charge on any atom is -0.481 e. The van der Waals surface area contributed by atoms with Gasteiger partial charge in [-0.2, -0.15) is 0 Å². The zero-order valence-electron chi connectivity index (χ0n) is 16.2. The molecule has 2 aromatic carbocycles. The van der Waals surface area contributed by atoms with Crippen molar-refractivity contribution in [3.63, 3.8) is 0 Å². The number of aliphatic carboxylic acids is 1. The van der Waals surface area contributed by atoms with Crippen LogP contribution in [-0.4, -0.2) is 22.9 Å². The Balaban J connectivity index is 2.08. The molecule has 0 saturated heterocycles. The fourth-order valence-electron chi connectivity index (χ4n) is 2.95. The van der Waals surface area contributed by atoms with Crippen LogP contribution in [0.2, 0.25) is 0 Å². The predicted molar refractivity (Wildman–Crippen MR) is 110 cm³/mol. The zero-order valence-corrected chi connectivity index (χ0v) is 16.2. The highest BCUT2D eigenvalue weighted by Gasteiger charge is 2.13. The van der Waals surface area contributed by atoms with Gasteiger partial charge in [0, 0.05) is 29.8 Å². The van der Waals surface area contributed by atoms with E-state index in [1.54, 1.807) is 24.3 Å². The van der Waals surface area contributed by atoms with Crippen LogP contribution in [0.15, 0.2) is 42.5 Å². The third-order valence-corrected chi connectivity index (χ3v) is 4.44. The summed E-state index contributed by atoms with van der Waals surface area (Å²) in [4.78, 5) is 35.2. The van der Waals surface area contributed by atoms with Crippen LogP contribution in [0.3, 0.4) is 0 Å². The molecule has 6 nitrogen and oxygen atoms in total. The van der Waals surface area contributed by atoms with E-state index in [9.17, 15) is 14.4 Å². The summed E-state index contributed by atoms with van der Waals surface area (Å²) >= 11 is 0. The molecule has 6 heteroatoms. The average Bonchev–Trinajstić information content (AvgIpc) is 2.68. The highest BCUT2D eigenvalue weighted by molar-refractivity contribution is 6.06. The molecule has 2 amide bonds. The first-order valence-corrected chi connectivity index (χ1v) is 9.48. The first-order chi connectivity index (χ1) is 13.4. The minimum atomic E-state index is -0.926. The Hall–Kier alpha value is -3.15. The maximum atomic E-state index is 12.7. The van der Waals surface area contributed by atoms with Crippen molar-refractivity contribution in [2.45, 2.75) is 46.0 Å². The molecule has 2 aromatic rings. The van der Waals surface area contributed by atoms with Crippen LogP contribution >= 0.6 is 0 Å². The number of para-hydroxylation sites is 1. The summed E-state index contributed by atoms with van der Waals surface area (Å²) in [6, 6.07) is 12.7. The Kier molecular flexibility index (Phi) is 7.75. The Morgan fingerprint density at radius 1 is 0.893 bits per heavy atom. The van der Waals surface area contributed by atoms with Gasteiger partial charge in [-0.15, -0.1) is 0 Å². The molecule has 0 bridgehead atoms. The van der Waals surface area contributed by atoms with E-state index in [4.69, 9.17) is 5.11 Å². The number of anilines is 2.